The maximum atomic E-state index is 6.47. The maximum absolute atomic E-state index is 6.47. The Morgan fingerprint density at radius 1 is 1.36 bits per heavy atom. The van der Waals surface area contributed by atoms with E-state index in [1.54, 1.807) is 11.3 Å². The first-order valence-corrected chi connectivity index (χ1v) is 9.70. The number of hydrogen-bond acceptors (Lipinski definition) is 3. The second-order valence-corrected chi connectivity index (χ2v) is 7.37. The number of thiophene rings is 1. The van der Waals surface area contributed by atoms with E-state index in [1.807, 2.05) is 6.08 Å². The van der Waals surface area contributed by atoms with Gasteiger partial charge in [-0.05, 0) is 56.1 Å². The van der Waals surface area contributed by atoms with Crippen LogP contribution in [0.25, 0.3) is 0 Å². The van der Waals surface area contributed by atoms with Gasteiger partial charge < -0.3 is 9.64 Å². The predicted octanol–water partition coefficient (Wildman–Crippen LogP) is 6.05. The molecule has 0 fully saturated rings. The minimum atomic E-state index is 0.0614. The first kappa shape index (κ1) is 19.5. The highest BCUT2D eigenvalue weighted by molar-refractivity contribution is 7.10. The Hall–Kier alpha value is -1.84. The van der Waals surface area contributed by atoms with E-state index in [1.165, 1.54) is 16.0 Å². The highest BCUT2D eigenvalue weighted by atomic mass is 32.1. The van der Waals surface area contributed by atoms with Gasteiger partial charge in [0, 0.05) is 24.3 Å². The molecule has 0 bridgehead atoms. The van der Waals surface area contributed by atoms with Gasteiger partial charge in [0.2, 0.25) is 0 Å². The summed E-state index contributed by atoms with van der Waals surface area (Å²) < 4.78 is 6.47. The second kappa shape index (κ2) is 10.2. The van der Waals surface area contributed by atoms with Crippen molar-refractivity contribution in [2.45, 2.75) is 32.3 Å². The molecule has 3 heteroatoms. The van der Waals surface area contributed by atoms with E-state index >= 15 is 0 Å². The summed E-state index contributed by atoms with van der Waals surface area (Å²) in [5.41, 5.74) is 2.50. The zero-order valence-corrected chi connectivity index (χ0v) is 16.4. The van der Waals surface area contributed by atoms with Gasteiger partial charge in [0.15, 0.2) is 0 Å². The molecule has 0 N–H and O–H groups in total. The van der Waals surface area contributed by atoms with E-state index in [0.29, 0.717) is 0 Å². The number of hydrogen-bond donors (Lipinski definition) is 0. The topological polar surface area (TPSA) is 12.5 Å². The average molecular weight is 356 g/mol. The zero-order chi connectivity index (χ0) is 18.1. The van der Waals surface area contributed by atoms with Gasteiger partial charge in [-0.15, -0.1) is 11.3 Å². The van der Waals surface area contributed by atoms with Crippen LogP contribution < -0.4 is 0 Å². The van der Waals surface area contributed by atoms with E-state index in [9.17, 15) is 0 Å². The number of allylic oxidation sites excluding steroid dienone is 8. The lowest BCUT2D eigenvalue weighted by Crippen LogP contribution is -2.17. The average Bonchev–Trinajstić information content (AvgIpc) is 3.10. The van der Waals surface area contributed by atoms with Crippen molar-refractivity contribution in [3.63, 3.8) is 0 Å². The fourth-order valence-corrected chi connectivity index (χ4v) is 3.52. The monoisotopic (exact) mass is 355 g/mol. The molecule has 0 spiro atoms. The van der Waals surface area contributed by atoms with Crippen LogP contribution >= 0.6 is 11.3 Å². The molecule has 0 aliphatic heterocycles. The molecule has 1 heterocycles. The summed E-state index contributed by atoms with van der Waals surface area (Å²) in [7, 11) is 4.20. The summed E-state index contributed by atoms with van der Waals surface area (Å²) in [5, 5.41) is 2.11. The van der Waals surface area contributed by atoms with Crippen molar-refractivity contribution in [3.05, 3.63) is 82.3 Å². The van der Waals surface area contributed by atoms with Crippen LogP contribution in [0.4, 0.5) is 0 Å². The molecular weight excluding hydrogens is 326 g/mol. The van der Waals surface area contributed by atoms with E-state index in [2.05, 4.69) is 80.4 Å². The van der Waals surface area contributed by atoms with Crippen LogP contribution in [0.2, 0.25) is 0 Å². The lowest BCUT2D eigenvalue weighted by molar-refractivity contribution is 0.110. The van der Waals surface area contributed by atoms with Crippen molar-refractivity contribution in [1.29, 1.82) is 0 Å². The van der Waals surface area contributed by atoms with E-state index in [0.717, 1.165) is 31.6 Å². The lowest BCUT2D eigenvalue weighted by Gasteiger charge is -2.22. The highest BCUT2D eigenvalue weighted by Gasteiger charge is 2.17. The van der Waals surface area contributed by atoms with Crippen LogP contribution in [0.1, 0.15) is 37.2 Å². The highest BCUT2D eigenvalue weighted by Crippen LogP contribution is 2.31. The van der Waals surface area contributed by atoms with Crippen LogP contribution in [-0.4, -0.2) is 25.5 Å². The fourth-order valence-electron chi connectivity index (χ4n) is 2.73. The van der Waals surface area contributed by atoms with E-state index in [4.69, 9.17) is 4.74 Å². The summed E-state index contributed by atoms with van der Waals surface area (Å²) in [5.74, 6) is 0.892. The molecule has 2 nitrogen and oxygen atoms in total. The predicted molar refractivity (Wildman–Crippen MR) is 110 cm³/mol. The minimum Gasteiger partial charge on any atom is -0.485 e. The third-order valence-electron chi connectivity index (χ3n) is 4.16. The van der Waals surface area contributed by atoms with Crippen molar-refractivity contribution in [2.24, 2.45) is 0 Å². The summed E-state index contributed by atoms with van der Waals surface area (Å²) >= 11 is 1.75. The fraction of sp³-hybridized carbons (Fsp3) is 0.364. The molecule has 0 aromatic carbocycles. The van der Waals surface area contributed by atoms with Crippen molar-refractivity contribution in [3.8, 4) is 0 Å². The number of rotatable bonds is 7. The standard InChI is InChI=1S/C22H29NOS/c1-5-18-11-8-7-9-12-19(17-18)20(6-2)24-21(14-15-23(3)4)22-13-10-16-25-22/h5-6,8-13,16,21H,2,7,14-15,17H2,1,3-4H3/b11-8-,12-9-,18-5-,20-19+. The van der Waals surface area contributed by atoms with E-state index < -0.39 is 0 Å². The summed E-state index contributed by atoms with van der Waals surface area (Å²) in [6.45, 7) is 7.08. The third kappa shape index (κ3) is 6.18. The summed E-state index contributed by atoms with van der Waals surface area (Å²) in [6, 6.07) is 4.25. The SMILES string of the molecule is C=C/C(OC(CCN(C)C)c1cccs1)=C1/C=C\C/C=C\C(=C\C)C1. The van der Waals surface area contributed by atoms with Gasteiger partial charge >= 0.3 is 0 Å². The molecule has 0 amide bonds. The molecule has 0 radical (unpaired) electrons. The molecule has 2 rings (SSSR count). The van der Waals surface area contributed by atoms with Crippen molar-refractivity contribution in [1.82, 2.24) is 4.90 Å². The minimum absolute atomic E-state index is 0.0614. The van der Waals surface area contributed by atoms with Gasteiger partial charge in [0.25, 0.3) is 0 Å². The molecule has 1 atom stereocenters. The first-order valence-electron chi connectivity index (χ1n) is 8.82. The van der Waals surface area contributed by atoms with Gasteiger partial charge in [-0.1, -0.05) is 43.0 Å². The smallest absolute Gasteiger partial charge is 0.134 e. The third-order valence-corrected chi connectivity index (χ3v) is 5.12. The Kier molecular flexibility index (Phi) is 7.96. The second-order valence-electron chi connectivity index (χ2n) is 6.39. The van der Waals surface area contributed by atoms with Crippen LogP contribution in [0.3, 0.4) is 0 Å². The quantitative estimate of drug-likeness (QED) is 0.552. The number of ether oxygens (including phenoxy) is 1. The summed E-state index contributed by atoms with van der Waals surface area (Å²) in [6.07, 6.45) is 15.6. The molecule has 0 saturated heterocycles. The first-order chi connectivity index (χ1) is 12.1. The van der Waals surface area contributed by atoms with Crippen molar-refractivity contribution < 1.29 is 4.74 Å². The lowest BCUT2D eigenvalue weighted by atomic mass is 10.00. The summed E-state index contributed by atoms with van der Waals surface area (Å²) in [4.78, 5) is 3.46. The van der Waals surface area contributed by atoms with Crippen LogP contribution in [0, 0.1) is 0 Å². The van der Waals surface area contributed by atoms with Crippen LogP contribution in [0.15, 0.2) is 77.5 Å². The van der Waals surface area contributed by atoms with Gasteiger partial charge in [-0.25, -0.2) is 0 Å². The van der Waals surface area contributed by atoms with Crippen LogP contribution in [0.5, 0.6) is 0 Å². The van der Waals surface area contributed by atoms with Gasteiger partial charge in [-0.3, -0.25) is 0 Å². The Balaban J connectivity index is 2.26. The Labute approximate surface area is 156 Å². The van der Waals surface area contributed by atoms with Gasteiger partial charge in [0.1, 0.15) is 11.9 Å². The molecule has 1 aliphatic rings. The molecule has 134 valence electrons. The van der Waals surface area contributed by atoms with Gasteiger partial charge in [0.05, 0.1) is 0 Å². The Morgan fingerprint density at radius 2 is 2.16 bits per heavy atom. The van der Waals surface area contributed by atoms with Crippen molar-refractivity contribution >= 4 is 11.3 Å². The zero-order valence-electron chi connectivity index (χ0n) is 15.6. The molecule has 1 aliphatic carbocycles. The number of nitrogens with zero attached hydrogens (tertiary/aromatic N) is 1. The molecular formula is C22H29NOS. The Morgan fingerprint density at radius 3 is 2.80 bits per heavy atom. The Bertz CT molecular complexity index is 662. The molecule has 1 aromatic rings. The largest absolute Gasteiger partial charge is 0.485 e. The molecule has 25 heavy (non-hydrogen) atoms. The van der Waals surface area contributed by atoms with E-state index in [-0.39, 0.29) is 6.10 Å². The van der Waals surface area contributed by atoms with Gasteiger partial charge in [-0.2, -0.15) is 0 Å². The van der Waals surface area contributed by atoms with Crippen molar-refractivity contribution in [2.75, 3.05) is 20.6 Å². The molecule has 0 saturated carbocycles. The normalized spacial score (nSPS) is 22.2. The molecule has 1 aromatic heterocycles. The van der Waals surface area contributed by atoms with Crippen LogP contribution in [-0.2, 0) is 4.74 Å². The maximum Gasteiger partial charge on any atom is 0.134 e. The molecule has 1 unspecified atom stereocenters.